The molecule has 0 radical (unpaired) electrons. The third-order valence-electron chi connectivity index (χ3n) is 4.11. The van der Waals surface area contributed by atoms with Gasteiger partial charge in [0.15, 0.2) is 0 Å². The van der Waals surface area contributed by atoms with E-state index in [1.54, 1.807) is 0 Å². The predicted molar refractivity (Wildman–Crippen MR) is 90.4 cm³/mol. The molecule has 9 heteroatoms. The lowest BCUT2D eigenvalue weighted by molar-refractivity contribution is 0.101. The minimum Gasteiger partial charge on any atom is -0.506 e. The number of carbonyl (C=O) groups is 1. The molecule has 1 aliphatic rings. The highest BCUT2D eigenvalue weighted by molar-refractivity contribution is 7.89. The molecule has 1 fully saturated rings. The van der Waals surface area contributed by atoms with E-state index in [1.165, 1.54) is 10.4 Å². The van der Waals surface area contributed by atoms with Crippen LogP contribution in [0.2, 0.25) is 0 Å². The summed E-state index contributed by atoms with van der Waals surface area (Å²) in [5, 5.41) is 12.0. The first-order valence-corrected chi connectivity index (χ1v) is 9.33. The van der Waals surface area contributed by atoms with Crippen LogP contribution < -0.4 is 5.32 Å². The normalized spacial score (nSPS) is 15.2. The Morgan fingerprint density at radius 1 is 1.08 bits per heavy atom. The van der Waals surface area contributed by atoms with Gasteiger partial charge in [-0.3, -0.25) is 4.79 Å². The van der Waals surface area contributed by atoms with Gasteiger partial charge >= 0.3 is 0 Å². The van der Waals surface area contributed by atoms with Gasteiger partial charge in [0.05, 0.1) is 10.6 Å². The van der Waals surface area contributed by atoms with E-state index in [2.05, 4.69) is 5.32 Å². The number of aromatic hydroxyl groups is 1. The number of phenols is 1. The Balaban J connectivity index is 1.92. The molecular formula is C17H16F2N2O4S. The molecule has 0 unspecified atom stereocenters. The van der Waals surface area contributed by atoms with Crippen LogP contribution in [0.25, 0.3) is 0 Å². The van der Waals surface area contributed by atoms with E-state index in [0.717, 1.165) is 43.2 Å². The number of rotatable bonds is 4. The van der Waals surface area contributed by atoms with Gasteiger partial charge in [0.2, 0.25) is 10.0 Å². The van der Waals surface area contributed by atoms with E-state index in [1.807, 2.05) is 0 Å². The molecule has 1 saturated heterocycles. The highest BCUT2D eigenvalue weighted by Gasteiger charge is 2.28. The van der Waals surface area contributed by atoms with Crippen molar-refractivity contribution in [3.8, 4) is 5.75 Å². The molecular weight excluding hydrogens is 366 g/mol. The van der Waals surface area contributed by atoms with E-state index in [4.69, 9.17) is 0 Å². The molecule has 26 heavy (non-hydrogen) atoms. The molecule has 1 amide bonds. The molecule has 3 rings (SSSR count). The predicted octanol–water partition coefficient (Wildman–Crippen LogP) is 2.71. The molecule has 0 bridgehead atoms. The summed E-state index contributed by atoms with van der Waals surface area (Å²) in [7, 11) is -3.77. The maximum atomic E-state index is 13.7. The largest absolute Gasteiger partial charge is 0.506 e. The lowest BCUT2D eigenvalue weighted by Crippen LogP contribution is -2.28. The molecule has 0 aromatic heterocycles. The monoisotopic (exact) mass is 382 g/mol. The topological polar surface area (TPSA) is 86.7 Å². The molecule has 1 aliphatic heterocycles. The van der Waals surface area contributed by atoms with Crippen LogP contribution >= 0.6 is 0 Å². The lowest BCUT2D eigenvalue weighted by Gasteiger charge is -2.17. The van der Waals surface area contributed by atoms with E-state index in [-0.39, 0.29) is 10.6 Å². The van der Waals surface area contributed by atoms with Crippen LogP contribution in [-0.2, 0) is 10.0 Å². The number of sulfonamides is 1. The molecule has 0 atom stereocenters. The van der Waals surface area contributed by atoms with Crippen molar-refractivity contribution < 1.29 is 27.1 Å². The fraction of sp³-hybridized carbons (Fsp3) is 0.235. The minimum atomic E-state index is -3.77. The van der Waals surface area contributed by atoms with Gasteiger partial charge < -0.3 is 10.4 Å². The zero-order valence-corrected chi connectivity index (χ0v) is 14.4. The highest BCUT2D eigenvalue weighted by atomic mass is 32.2. The summed E-state index contributed by atoms with van der Waals surface area (Å²) >= 11 is 0. The first kappa shape index (κ1) is 18.3. The van der Waals surface area contributed by atoms with E-state index < -0.39 is 38.9 Å². The quantitative estimate of drug-likeness (QED) is 0.796. The zero-order chi connectivity index (χ0) is 18.9. The number of benzene rings is 2. The van der Waals surface area contributed by atoms with Gasteiger partial charge in [-0.1, -0.05) is 6.07 Å². The van der Waals surface area contributed by atoms with Crippen LogP contribution in [0.15, 0.2) is 41.3 Å². The second-order valence-corrected chi connectivity index (χ2v) is 7.78. The molecule has 1 heterocycles. The van der Waals surface area contributed by atoms with E-state index in [9.17, 15) is 27.1 Å². The third-order valence-corrected chi connectivity index (χ3v) is 6.00. The number of amides is 1. The summed E-state index contributed by atoms with van der Waals surface area (Å²) in [4.78, 5) is 12.0. The van der Waals surface area contributed by atoms with E-state index >= 15 is 0 Å². The fourth-order valence-electron chi connectivity index (χ4n) is 2.75. The molecule has 0 spiro atoms. The standard InChI is InChI=1S/C17H16F2N2O4S/c18-12-4-3-5-13(19)16(12)17(23)20-14-10-11(6-7-15(14)22)26(24,25)21-8-1-2-9-21/h3-7,10,22H,1-2,8-9H2,(H,20,23). The van der Waals surface area contributed by atoms with Crippen LogP contribution in [0, 0.1) is 11.6 Å². The Bertz CT molecular complexity index is 937. The van der Waals surface area contributed by atoms with Crippen molar-refractivity contribution in [1.82, 2.24) is 4.31 Å². The highest BCUT2D eigenvalue weighted by Crippen LogP contribution is 2.30. The van der Waals surface area contributed by atoms with Crippen LogP contribution in [0.5, 0.6) is 5.75 Å². The molecule has 138 valence electrons. The van der Waals surface area contributed by atoms with Crippen molar-refractivity contribution in [1.29, 1.82) is 0 Å². The third kappa shape index (κ3) is 3.40. The molecule has 0 aliphatic carbocycles. The molecule has 2 aromatic rings. The first-order chi connectivity index (χ1) is 12.3. The lowest BCUT2D eigenvalue weighted by atomic mass is 10.1. The number of anilines is 1. The van der Waals surface area contributed by atoms with Crippen molar-refractivity contribution >= 4 is 21.6 Å². The SMILES string of the molecule is O=C(Nc1cc(S(=O)(=O)N2CCCC2)ccc1O)c1c(F)cccc1F. The van der Waals surface area contributed by atoms with Gasteiger partial charge in [-0.2, -0.15) is 4.31 Å². The number of hydrogen-bond donors (Lipinski definition) is 2. The Morgan fingerprint density at radius 3 is 2.31 bits per heavy atom. The van der Waals surface area contributed by atoms with Crippen molar-refractivity contribution in [2.45, 2.75) is 17.7 Å². The summed E-state index contributed by atoms with van der Waals surface area (Å²) in [6.07, 6.45) is 1.51. The number of carbonyl (C=O) groups excluding carboxylic acids is 1. The number of halogens is 2. The van der Waals surface area contributed by atoms with Gasteiger partial charge in [0, 0.05) is 13.1 Å². The Kier molecular flexibility index (Phi) is 4.92. The van der Waals surface area contributed by atoms with Gasteiger partial charge in [-0.15, -0.1) is 0 Å². The Labute approximate surface area is 149 Å². The first-order valence-electron chi connectivity index (χ1n) is 7.89. The van der Waals surface area contributed by atoms with Gasteiger partial charge in [-0.25, -0.2) is 17.2 Å². The summed E-state index contributed by atoms with van der Waals surface area (Å²) < 4.78 is 53.9. The maximum Gasteiger partial charge on any atom is 0.261 e. The minimum absolute atomic E-state index is 0.124. The smallest absolute Gasteiger partial charge is 0.261 e. The van der Waals surface area contributed by atoms with Crippen molar-refractivity contribution in [3.63, 3.8) is 0 Å². The summed E-state index contributed by atoms with van der Waals surface area (Å²) in [5.41, 5.74) is -1.07. The van der Waals surface area contributed by atoms with Crippen LogP contribution in [-0.4, -0.2) is 36.8 Å². The summed E-state index contributed by atoms with van der Waals surface area (Å²) in [6.45, 7) is 0.788. The Morgan fingerprint density at radius 2 is 1.69 bits per heavy atom. The second kappa shape index (κ2) is 7.00. The van der Waals surface area contributed by atoms with Crippen molar-refractivity contribution in [3.05, 3.63) is 53.6 Å². The Hall–Kier alpha value is -2.52. The maximum absolute atomic E-state index is 13.7. The summed E-state index contributed by atoms with van der Waals surface area (Å²) in [5.74, 6) is -3.69. The second-order valence-electron chi connectivity index (χ2n) is 5.84. The van der Waals surface area contributed by atoms with Crippen molar-refractivity contribution in [2.75, 3.05) is 18.4 Å². The number of phenolic OH excluding ortho intramolecular Hbond substituents is 1. The van der Waals surface area contributed by atoms with Crippen LogP contribution in [0.4, 0.5) is 14.5 Å². The number of hydrogen-bond acceptors (Lipinski definition) is 4. The summed E-state index contributed by atoms with van der Waals surface area (Å²) in [6, 6.07) is 6.35. The average Bonchev–Trinajstić information content (AvgIpc) is 3.12. The number of nitrogens with one attached hydrogen (secondary N) is 1. The van der Waals surface area contributed by atoms with Gasteiger partial charge in [0.1, 0.15) is 22.9 Å². The van der Waals surface area contributed by atoms with Gasteiger partial charge in [0.25, 0.3) is 5.91 Å². The van der Waals surface area contributed by atoms with Crippen LogP contribution in [0.3, 0.4) is 0 Å². The zero-order valence-electron chi connectivity index (χ0n) is 13.6. The average molecular weight is 382 g/mol. The van der Waals surface area contributed by atoms with Crippen LogP contribution in [0.1, 0.15) is 23.2 Å². The van der Waals surface area contributed by atoms with Crippen molar-refractivity contribution in [2.24, 2.45) is 0 Å². The molecule has 6 nitrogen and oxygen atoms in total. The molecule has 2 N–H and O–H groups in total. The molecule has 0 saturated carbocycles. The van der Waals surface area contributed by atoms with E-state index in [0.29, 0.717) is 13.1 Å². The fourth-order valence-corrected chi connectivity index (χ4v) is 4.30. The van der Waals surface area contributed by atoms with Gasteiger partial charge in [-0.05, 0) is 43.2 Å². The molecule has 2 aromatic carbocycles. The number of nitrogens with zero attached hydrogens (tertiary/aromatic N) is 1.